The largest absolute Gasteiger partial charge is 0.309 e. The van der Waals surface area contributed by atoms with Crippen LogP contribution >= 0.6 is 0 Å². The van der Waals surface area contributed by atoms with Crippen LogP contribution in [0.4, 0.5) is 0 Å². The summed E-state index contributed by atoms with van der Waals surface area (Å²) in [7, 11) is 4.45. The van der Waals surface area contributed by atoms with Gasteiger partial charge >= 0.3 is 0 Å². The zero-order chi connectivity index (χ0) is 19.2. The minimum absolute atomic E-state index is 0.663. The number of nitrogens with zero attached hydrogens (tertiary/aromatic N) is 1. The van der Waals surface area contributed by atoms with Gasteiger partial charge in [-0.25, -0.2) is 0 Å². The van der Waals surface area contributed by atoms with Crippen LogP contribution in [0.3, 0.4) is 0 Å². The number of rotatable bonds is 5. The van der Waals surface area contributed by atoms with E-state index in [4.69, 9.17) is 0 Å². The summed E-state index contributed by atoms with van der Waals surface area (Å²) in [4.78, 5) is 2.36. The second kappa shape index (κ2) is 7.66. The molecular weight excluding hydrogens is 326 g/mol. The molecule has 4 saturated carbocycles. The minimum atomic E-state index is 0.663. The third-order valence-corrected chi connectivity index (χ3v) is 10.6. The highest BCUT2D eigenvalue weighted by Crippen LogP contribution is 2.68. The van der Waals surface area contributed by atoms with Crippen molar-refractivity contribution in [1.29, 1.82) is 0 Å². The maximum atomic E-state index is 2.74. The number of hydrogen-bond acceptors (Lipinski definition) is 1. The predicted molar refractivity (Wildman–Crippen MR) is 117 cm³/mol. The summed E-state index contributed by atoms with van der Waals surface area (Å²) in [5.74, 6) is 6.19. The quantitative estimate of drug-likeness (QED) is 0.501. The molecule has 0 saturated heterocycles. The van der Waals surface area contributed by atoms with Crippen LogP contribution in [0.25, 0.3) is 0 Å². The Bertz CT molecular complexity index is 512. The van der Waals surface area contributed by atoms with E-state index in [1.54, 1.807) is 44.9 Å². The lowest BCUT2D eigenvalue weighted by atomic mass is 9.44. The van der Waals surface area contributed by atoms with Crippen molar-refractivity contribution in [1.82, 2.24) is 4.90 Å². The second-order valence-corrected chi connectivity index (χ2v) is 12.1. The van der Waals surface area contributed by atoms with Crippen LogP contribution in [-0.2, 0) is 0 Å². The first-order valence-electron chi connectivity index (χ1n) is 12.5. The first-order chi connectivity index (χ1) is 12.9. The number of hydrogen-bond donors (Lipinski definition) is 0. The molecule has 4 fully saturated rings. The molecule has 0 N–H and O–H groups in total. The van der Waals surface area contributed by atoms with E-state index in [0.29, 0.717) is 10.8 Å². The van der Waals surface area contributed by atoms with Crippen molar-refractivity contribution >= 4 is 0 Å². The van der Waals surface area contributed by atoms with Crippen LogP contribution < -0.4 is 0 Å². The summed E-state index contributed by atoms with van der Waals surface area (Å²) in [6, 6.07) is 0. The topological polar surface area (TPSA) is 3.24 Å². The van der Waals surface area contributed by atoms with Crippen molar-refractivity contribution in [2.24, 2.45) is 46.3 Å². The monoisotopic (exact) mass is 373 g/mol. The molecule has 0 bridgehead atoms. The molecule has 1 nitrogen and oxygen atoms in total. The molecule has 4 aliphatic rings. The molecule has 8 atom stereocenters. The van der Waals surface area contributed by atoms with Gasteiger partial charge in [-0.1, -0.05) is 33.6 Å². The van der Waals surface area contributed by atoms with E-state index in [2.05, 4.69) is 39.8 Å². The highest BCUT2D eigenvalue weighted by Gasteiger charge is 2.59. The SMILES string of the molecule is C[C@H](CCCN(C)C)[C@H]1CC[C@H]2[C@@H]3CC[C@H]4CCCC[C@]4(C)[C@H]3CC[C@]12C. The molecule has 0 amide bonds. The third-order valence-electron chi connectivity index (χ3n) is 10.6. The molecule has 0 aliphatic heterocycles. The smallest absolute Gasteiger partial charge is 0.00247 e. The van der Waals surface area contributed by atoms with Crippen molar-refractivity contribution in [2.45, 2.75) is 97.8 Å². The third kappa shape index (κ3) is 3.43. The van der Waals surface area contributed by atoms with Gasteiger partial charge < -0.3 is 4.90 Å². The maximum Gasteiger partial charge on any atom is -0.00247 e. The minimum Gasteiger partial charge on any atom is -0.309 e. The Balaban J connectivity index is 1.46. The second-order valence-electron chi connectivity index (χ2n) is 12.1. The summed E-state index contributed by atoms with van der Waals surface area (Å²) in [6.45, 7) is 9.33. The van der Waals surface area contributed by atoms with Gasteiger partial charge in [0.15, 0.2) is 0 Å². The van der Waals surface area contributed by atoms with Crippen LogP contribution in [0.15, 0.2) is 0 Å². The first-order valence-corrected chi connectivity index (χ1v) is 12.5. The Morgan fingerprint density at radius 1 is 0.852 bits per heavy atom. The Hall–Kier alpha value is -0.0400. The van der Waals surface area contributed by atoms with Crippen molar-refractivity contribution in [2.75, 3.05) is 20.6 Å². The molecule has 4 rings (SSSR count). The summed E-state index contributed by atoms with van der Waals surface area (Å²) >= 11 is 0. The molecule has 27 heavy (non-hydrogen) atoms. The molecule has 0 aromatic heterocycles. The maximum absolute atomic E-state index is 2.74. The zero-order valence-corrected chi connectivity index (χ0v) is 19.1. The van der Waals surface area contributed by atoms with Gasteiger partial charge in [0.05, 0.1) is 0 Å². The molecule has 1 heteroatoms. The van der Waals surface area contributed by atoms with E-state index >= 15 is 0 Å². The molecular formula is C26H47N. The summed E-state index contributed by atoms with van der Waals surface area (Å²) in [5, 5.41) is 0. The van der Waals surface area contributed by atoms with Crippen molar-refractivity contribution in [3.8, 4) is 0 Å². The lowest BCUT2D eigenvalue weighted by molar-refractivity contribution is -0.114. The number of fused-ring (bicyclic) bond motifs is 5. The van der Waals surface area contributed by atoms with Gasteiger partial charge in [-0.2, -0.15) is 0 Å². The van der Waals surface area contributed by atoms with E-state index in [1.807, 2.05) is 0 Å². The zero-order valence-electron chi connectivity index (χ0n) is 19.1. The van der Waals surface area contributed by atoms with Crippen LogP contribution in [0.2, 0.25) is 0 Å². The fourth-order valence-corrected chi connectivity index (χ4v) is 9.20. The van der Waals surface area contributed by atoms with E-state index in [0.717, 1.165) is 35.5 Å². The summed E-state index contributed by atoms with van der Waals surface area (Å²) < 4.78 is 0. The Kier molecular flexibility index (Phi) is 5.74. The molecule has 156 valence electrons. The van der Waals surface area contributed by atoms with Crippen molar-refractivity contribution in [3.05, 3.63) is 0 Å². The standard InChI is InChI=1S/C26H47N/c1-19(9-8-18-27(4)5)22-13-14-23-21-12-11-20-10-6-7-16-25(20,2)24(21)15-17-26(22,23)3/h19-24H,6-18H2,1-5H3/t19-,20-,21+,22-,23+,24+,25+,26-/m1/s1. The van der Waals surface area contributed by atoms with Crippen LogP contribution in [0, 0.1) is 46.3 Å². The van der Waals surface area contributed by atoms with Crippen molar-refractivity contribution in [3.63, 3.8) is 0 Å². The Labute approximate surface area is 170 Å². The van der Waals surface area contributed by atoms with Gasteiger partial charge in [-0.15, -0.1) is 0 Å². The van der Waals surface area contributed by atoms with E-state index in [-0.39, 0.29) is 0 Å². The molecule has 0 aromatic rings. The summed E-state index contributed by atoms with van der Waals surface area (Å²) in [5.41, 5.74) is 1.37. The Morgan fingerprint density at radius 2 is 1.63 bits per heavy atom. The molecule has 0 aromatic carbocycles. The van der Waals surface area contributed by atoms with Gasteiger partial charge in [0, 0.05) is 0 Å². The molecule has 4 aliphatic carbocycles. The van der Waals surface area contributed by atoms with Gasteiger partial charge in [0.25, 0.3) is 0 Å². The Morgan fingerprint density at radius 3 is 2.41 bits per heavy atom. The highest BCUT2D eigenvalue weighted by molar-refractivity contribution is 5.09. The molecule has 0 unspecified atom stereocenters. The normalized spacial score (nSPS) is 48.0. The summed E-state index contributed by atoms with van der Waals surface area (Å²) in [6.07, 6.45) is 18.3. The average Bonchev–Trinajstić information content (AvgIpc) is 2.98. The van der Waals surface area contributed by atoms with Gasteiger partial charge in [0.1, 0.15) is 0 Å². The van der Waals surface area contributed by atoms with Crippen molar-refractivity contribution < 1.29 is 0 Å². The first kappa shape index (κ1) is 20.2. The van der Waals surface area contributed by atoms with E-state index < -0.39 is 0 Å². The predicted octanol–water partition coefficient (Wildman–Crippen LogP) is 7.01. The fraction of sp³-hybridized carbons (Fsp3) is 1.00. The lowest BCUT2D eigenvalue weighted by Crippen LogP contribution is -2.53. The molecule has 0 radical (unpaired) electrons. The van der Waals surface area contributed by atoms with Crippen LogP contribution in [0.1, 0.15) is 97.8 Å². The highest BCUT2D eigenvalue weighted by atomic mass is 15.0. The van der Waals surface area contributed by atoms with E-state index in [1.165, 1.54) is 38.6 Å². The molecule has 0 heterocycles. The van der Waals surface area contributed by atoms with Gasteiger partial charge in [0.2, 0.25) is 0 Å². The fourth-order valence-electron chi connectivity index (χ4n) is 9.20. The van der Waals surface area contributed by atoms with Gasteiger partial charge in [-0.05, 0) is 131 Å². The van der Waals surface area contributed by atoms with Crippen LogP contribution in [0.5, 0.6) is 0 Å². The average molecular weight is 374 g/mol. The van der Waals surface area contributed by atoms with Gasteiger partial charge in [-0.3, -0.25) is 0 Å². The van der Waals surface area contributed by atoms with E-state index in [9.17, 15) is 0 Å². The molecule has 0 spiro atoms. The lowest BCUT2D eigenvalue weighted by Gasteiger charge is -2.61. The van der Waals surface area contributed by atoms with Crippen LogP contribution in [-0.4, -0.2) is 25.5 Å².